The summed E-state index contributed by atoms with van der Waals surface area (Å²) in [4.78, 5) is 9.91. The normalized spacial score (nSPS) is 12.0. The number of nitrogens with zero attached hydrogens (tertiary/aromatic N) is 2. The first kappa shape index (κ1) is 25.8. The largest absolute Gasteiger partial charge is 0.228 e. The first-order valence-electron chi connectivity index (χ1n) is 13.2. The number of hydrogen-bond donors (Lipinski definition) is 0. The second-order valence-electron chi connectivity index (χ2n) is 10.0. The summed E-state index contributed by atoms with van der Waals surface area (Å²) in [5.74, 6) is 0.719. The molecule has 0 radical (unpaired) electrons. The maximum atomic E-state index is 4.96. The fourth-order valence-electron chi connectivity index (χ4n) is 4.54. The van der Waals surface area contributed by atoms with Crippen LogP contribution in [0.25, 0.3) is 39.5 Å². The zero-order valence-electron chi connectivity index (χ0n) is 22.5. The van der Waals surface area contributed by atoms with Crippen LogP contribution in [0.3, 0.4) is 0 Å². The van der Waals surface area contributed by atoms with Crippen LogP contribution in [-0.2, 0) is 5.41 Å². The van der Waals surface area contributed by atoms with E-state index in [1.165, 1.54) is 5.56 Å². The predicted octanol–water partition coefficient (Wildman–Crippen LogP) is 9.58. The van der Waals surface area contributed by atoms with Gasteiger partial charge in [0.05, 0.1) is 11.4 Å². The Bertz CT molecular complexity index is 1540. The van der Waals surface area contributed by atoms with E-state index in [9.17, 15) is 0 Å². The highest BCUT2D eigenvalue weighted by molar-refractivity contribution is 5.75. The zero-order chi connectivity index (χ0) is 27.1. The van der Waals surface area contributed by atoms with E-state index in [0.29, 0.717) is 0 Å². The van der Waals surface area contributed by atoms with Crippen LogP contribution in [0.4, 0.5) is 0 Å². The van der Waals surface area contributed by atoms with Crippen LogP contribution < -0.4 is 0 Å². The molecule has 0 fully saturated rings. The molecule has 0 saturated heterocycles. The van der Waals surface area contributed by atoms with E-state index >= 15 is 0 Å². The van der Waals surface area contributed by atoms with Gasteiger partial charge in [-0.25, -0.2) is 9.97 Å². The van der Waals surface area contributed by atoms with Gasteiger partial charge < -0.3 is 0 Å². The van der Waals surface area contributed by atoms with Crippen LogP contribution in [0.2, 0.25) is 0 Å². The molecule has 39 heavy (non-hydrogen) atoms. The van der Waals surface area contributed by atoms with Gasteiger partial charge in [-0.2, -0.15) is 0 Å². The average Bonchev–Trinajstić information content (AvgIpc) is 3.00. The Morgan fingerprint density at radius 1 is 0.641 bits per heavy atom. The summed E-state index contributed by atoms with van der Waals surface area (Å²) < 4.78 is 0. The first-order chi connectivity index (χ1) is 19.0. The van der Waals surface area contributed by atoms with Gasteiger partial charge >= 0.3 is 0 Å². The molecule has 1 heterocycles. The monoisotopic (exact) mass is 504 g/mol. The third-order valence-corrected chi connectivity index (χ3v) is 6.87. The molecular formula is C37H32N2. The lowest BCUT2D eigenvalue weighted by atomic mass is 9.83. The summed E-state index contributed by atoms with van der Waals surface area (Å²) >= 11 is 0. The van der Waals surface area contributed by atoms with Gasteiger partial charge in [0.25, 0.3) is 0 Å². The third-order valence-electron chi connectivity index (χ3n) is 6.87. The van der Waals surface area contributed by atoms with Gasteiger partial charge in [-0.05, 0) is 22.8 Å². The van der Waals surface area contributed by atoms with Crippen molar-refractivity contribution in [2.45, 2.75) is 19.3 Å². The van der Waals surface area contributed by atoms with Gasteiger partial charge in [0.15, 0.2) is 5.82 Å². The number of allylic oxidation sites excluding steroid dienone is 5. The van der Waals surface area contributed by atoms with Crippen molar-refractivity contribution in [3.05, 3.63) is 163 Å². The SMILES string of the molecule is C=C/C(=C\C=C\C(C)(C)c1ccc(-c2nc(-c3ccccc3)cc(-c3ccccc3)n2)cc1)c1ccccc1. The lowest BCUT2D eigenvalue weighted by Gasteiger charge is -2.21. The van der Waals surface area contributed by atoms with E-state index in [2.05, 4.69) is 105 Å². The Morgan fingerprint density at radius 2 is 1.15 bits per heavy atom. The topological polar surface area (TPSA) is 25.8 Å². The summed E-state index contributed by atoms with van der Waals surface area (Å²) in [6.45, 7) is 8.44. The second kappa shape index (κ2) is 11.7. The van der Waals surface area contributed by atoms with Gasteiger partial charge in [-0.1, -0.05) is 160 Å². The van der Waals surface area contributed by atoms with E-state index in [0.717, 1.165) is 45.0 Å². The highest BCUT2D eigenvalue weighted by Crippen LogP contribution is 2.30. The molecule has 190 valence electrons. The maximum absolute atomic E-state index is 4.96. The summed E-state index contributed by atoms with van der Waals surface area (Å²) in [6.07, 6.45) is 8.37. The van der Waals surface area contributed by atoms with E-state index in [-0.39, 0.29) is 5.41 Å². The molecule has 0 unspecified atom stereocenters. The van der Waals surface area contributed by atoms with Crippen molar-refractivity contribution in [2.24, 2.45) is 0 Å². The van der Waals surface area contributed by atoms with Crippen LogP contribution in [0.5, 0.6) is 0 Å². The van der Waals surface area contributed by atoms with E-state index in [1.807, 2.05) is 60.7 Å². The van der Waals surface area contributed by atoms with Crippen molar-refractivity contribution < 1.29 is 0 Å². The molecule has 2 heteroatoms. The Balaban J connectivity index is 1.45. The lowest BCUT2D eigenvalue weighted by Crippen LogP contribution is -2.13. The number of aromatic nitrogens is 2. The van der Waals surface area contributed by atoms with Crippen LogP contribution in [-0.4, -0.2) is 9.97 Å². The number of benzene rings is 4. The first-order valence-corrected chi connectivity index (χ1v) is 13.2. The van der Waals surface area contributed by atoms with E-state index < -0.39 is 0 Å². The predicted molar refractivity (Wildman–Crippen MR) is 165 cm³/mol. The number of hydrogen-bond acceptors (Lipinski definition) is 2. The maximum Gasteiger partial charge on any atom is 0.160 e. The molecule has 5 rings (SSSR count). The molecule has 1 aromatic heterocycles. The number of rotatable bonds is 8. The van der Waals surface area contributed by atoms with Crippen molar-refractivity contribution in [1.29, 1.82) is 0 Å². The third kappa shape index (κ3) is 6.19. The molecule has 0 bridgehead atoms. The minimum Gasteiger partial charge on any atom is -0.228 e. The van der Waals surface area contributed by atoms with Crippen molar-refractivity contribution in [3.8, 4) is 33.9 Å². The van der Waals surface area contributed by atoms with Gasteiger partial charge in [-0.15, -0.1) is 0 Å². The molecule has 0 aliphatic rings. The summed E-state index contributed by atoms with van der Waals surface area (Å²) in [5.41, 5.74) is 8.29. The Labute approximate surface area is 231 Å². The van der Waals surface area contributed by atoms with Crippen LogP contribution in [0.1, 0.15) is 25.0 Å². The molecule has 0 amide bonds. The smallest absolute Gasteiger partial charge is 0.160 e. The minimum atomic E-state index is -0.153. The quantitative estimate of drug-likeness (QED) is 0.197. The highest BCUT2D eigenvalue weighted by atomic mass is 14.9. The van der Waals surface area contributed by atoms with Gasteiger partial charge in [-0.3, -0.25) is 0 Å². The van der Waals surface area contributed by atoms with Gasteiger partial charge in [0, 0.05) is 22.1 Å². The molecule has 0 spiro atoms. The van der Waals surface area contributed by atoms with Crippen LogP contribution >= 0.6 is 0 Å². The van der Waals surface area contributed by atoms with Crippen molar-refractivity contribution in [1.82, 2.24) is 9.97 Å². The fraction of sp³-hybridized carbons (Fsp3) is 0.0811. The van der Waals surface area contributed by atoms with Crippen molar-refractivity contribution in [2.75, 3.05) is 0 Å². The minimum absolute atomic E-state index is 0.153. The molecule has 0 N–H and O–H groups in total. The highest BCUT2D eigenvalue weighted by Gasteiger charge is 2.17. The average molecular weight is 505 g/mol. The molecule has 5 aromatic rings. The van der Waals surface area contributed by atoms with E-state index in [4.69, 9.17) is 9.97 Å². The Hall–Kier alpha value is -4.82. The zero-order valence-corrected chi connectivity index (χ0v) is 22.5. The summed E-state index contributed by atoms with van der Waals surface area (Å²) in [5, 5.41) is 0. The summed E-state index contributed by atoms with van der Waals surface area (Å²) in [7, 11) is 0. The Morgan fingerprint density at radius 3 is 1.67 bits per heavy atom. The van der Waals surface area contributed by atoms with Gasteiger partial charge in [0.2, 0.25) is 0 Å². The lowest BCUT2D eigenvalue weighted by molar-refractivity contribution is 0.670. The van der Waals surface area contributed by atoms with Crippen molar-refractivity contribution in [3.63, 3.8) is 0 Å². The molecule has 0 atom stereocenters. The van der Waals surface area contributed by atoms with Crippen molar-refractivity contribution >= 4 is 5.57 Å². The van der Waals surface area contributed by atoms with Gasteiger partial charge in [0.1, 0.15) is 0 Å². The van der Waals surface area contributed by atoms with E-state index in [1.54, 1.807) is 0 Å². The molecule has 0 saturated carbocycles. The Kier molecular flexibility index (Phi) is 7.75. The molecule has 2 nitrogen and oxygen atoms in total. The molecular weight excluding hydrogens is 472 g/mol. The van der Waals surface area contributed by atoms with Crippen LogP contribution in [0, 0.1) is 0 Å². The second-order valence-corrected chi connectivity index (χ2v) is 10.0. The molecule has 4 aromatic carbocycles. The molecule has 0 aliphatic heterocycles. The summed E-state index contributed by atoms with van der Waals surface area (Å²) in [6, 6.07) is 41.5. The fourth-order valence-corrected chi connectivity index (χ4v) is 4.54. The van der Waals surface area contributed by atoms with Crippen LogP contribution in [0.15, 0.2) is 152 Å². The standard InChI is InChI=1S/C37H32N2/c1-4-28(29-15-8-5-9-16-29)21-14-26-37(2,3)33-24-22-32(23-25-33)36-38-34(30-17-10-6-11-18-30)27-35(39-36)31-19-12-7-13-20-31/h4-27H,1H2,2-3H3/b26-14+,28-21+. The molecule has 0 aliphatic carbocycles.